The first-order chi connectivity index (χ1) is 15.7. The number of aromatic nitrogens is 1. The number of nitrogens with one attached hydrogen (secondary N) is 1. The van der Waals surface area contributed by atoms with E-state index >= 15 is 0 Å². The van der Waals surface area contributed by atoms with Crippen LogP contribution < -0.4 is 10.2 Å². The van der Waals surface area contributed by atoms with Gasteiger partial charge in [-0.25, -0.2) is 0 Å². The summed E-state index contributed by atoms with van der Waals surface area (Å²) in [4.78, 5) is 30.3. The number of hydrogen-bond acceptors (Lipinski definition) is 5. The number of pyridine rings is 1. The summed E-state index contributed by atoms with van der Waals surface area (Å²) in [6.07, 6.45) is 11.4. The lowest BCUT2D eigenvalue weighted by molar-refractivity contribution is -0.143. The smallest absolute Gasteiger partial charge is 0.306 e. The minimum Gasteiger partial charge on any atom is -0.466 e. The molecule has 0 radical (unpaired) electrons. The SMILES string of the molecule is CCOC(=O)CC1CN(CCCCCCNC(=O)/C=C/c2cccnc2)c2ccccc21. The van der Waals surface area contributed by atoms with Crippen molar-refractivity contribution in [1.29, 1.82) is 0 Å². The fraction of sp³-hybridized carbons (Fsp3) is 0.423. The van der Waals surface area contributed by atoms with E-state index in [1.807, 2.05) is 25.1 Å². The number of nitrogens with zero attached hydrogens (tertiary/aromatic N) is 2. The number of carbonyl (C=O) groups is 2. The molecule has 170 valence electrons. The van der Waals surface area contributed by atoms with Crippen LogP contribution in [0.25, 0.3) is 6.08 Å². The van der Waals surface area contributed by atoms with Crippen LogP contribution in [0.15, 0.2) is 54.9 Å². The second kappa shape index (κ2) is 12.6. The van der Waals surface area contributed by atoms with Crippen molar-refractivity contribution in [2.24, 2.45) is 0 Å². The Morgan fingerprint density at radius 1 is 1.16 bits per heavy atom. The minimum atomic E-state index is -0.119. The molecule has 32 heavy (non-hydrogen) atoms. The summed E-state index contributed by atoms with van der Waals surface area (Å²) in [7, 11) is 0. The van der Waals surface area contributed by atoms with E-state index in [0.29, 0.717) is 19.6 Å². The van der Waals surface area contributed by atoms with Gasteiger partial charge in [0.25, 0.3) is 0 Å². The van der Waals surface area contributed by atoms with Gasteiger partial charge in [0, 0.05) is 49.7 Å². The Kier molecular flexibility index (Phi) is 9.29. The Bertz CT molecular complexity index is 898. The van der Waals surface area contributed by atoms with Crippen molar-refractivity contribution in [2.45, 2.75) is 44.9 Å². The molecule has 6 heteroatoms. The van der Waals surface area contributed by atoms with Crippen LogP contribution in [0, 0.1) is 0 Å². The number of esters is 1. The molecule has 1 aliphatic rings. The van der Waals surface area contributed by atoms with Crippen molar-refractivity contribution >= 4 is 23.6 Å². The molecular formula is C26H33N3O3. The van der Waals surface area contributed by atoms with Gasteiger partial charge in [0.15, 0.2) is 0 Å². The molecule has 1 unspecified atom stereocenters. The van der Waals surface area contributed by atoms with E-state index in [1.165, 1.54) is 11.3 Å². The zero-order valence-electron chi connectivity index (χ0n) is 18.8. The number of fused-ring (bicyclic) bond motifs is 1. The maximum atomic E-state index is 12.0. The standard InChI is InChI=1S/C26H33N3O3/c1-2-32-26(31)18-22-20-29(24-12-6-5-11-23(22)24)17-8-4-3-7-16-28-25(30)14-13-21-10-9-15-27-19-21/h5-6,9-15,19,22H,2-4,7-8,16-18,20H2,1H3,(H,28,30)/b14-13+. The maximum Gasteiger partial charge on any atom is 0.306 e. The molecule has 0 bridgehead atoms. The molecule has 1 atom stereocenters. The number of unbranched alkanes of at least 4 members (excludes halogenated alkanes) is 3. The average molecular weight is 436 g/mol. The number of amides is 1. The Morgan fingerprint density at radius 3 is 2.81 bits per heavy atom. The molecule has 2 heterocycles. The van der Waals surface area contributed by atoms with Gasteiger partial charge in [0.1, 0.15) is 0 Å². The first-order valence-corrected chi connectivity index (χ1v) is 11.5. The number of para-hydroxylation sites is 1. The Labute approximate surface area is 190 Å². The van der Waals surface area contributed by atoms with Crippen LogP contribution in [0.1, 0.15) is 56.1 Å². The van der Waals surface area contributed by atoms with Crippen molar-refractivity contribution in [3.8, 4) is 0 Å². The lowest BCUT2D eigenvalue weighted by Gasteiger charge is -2.20. The number of hydrogen-bond donors (Lipinski definition) is 1. The van der Waals surface area contributed by atoms with Crippen molar-refractivity contribution in [1.82, 2.24) is 10.3 Å². The summed E-state index contributed by atoms with van der Waals surface area (Å²) in [5.41, 5.74) is 3.41. The number of anilines is 1. The van der Waals surface area contributed by atoms with Crippen LogP contribution in [-0.4, -0.2) is 43.1 Å². The highest BCUT2D eigenvalue weighted by Crippen LogP contribution is 2.38. The summed E-state index contributed by atoms with van der Waals surface area (Å²) >= 11 is 0. The molecular weight excluding hydrogens is 402 g/mol. The number of benzene rings is 1. The molecule has 3 rings (SSSR count). The van der Waals surface area contributed by atoms with Gasteiger partial charge in [-0.2, -0.15) is 0 Å². The lowest BCUT2D eigenvalue weighted by Crippen LogP contribution is -2.24. The Morgan fingerprint density at radius 2 is 2.00 bits per heavy atom. The molecule has 2 aromatic rings. The fourth-order valence-corrected chi connectivity index (χ4v) is 4.09. The summed E-state index contributed by atoms with van der Waals surface area (Å²) in [6.45, 7) is 4.81. The highest BCUT2D eigenvalue weighted by molar-refractivity contribution is 5.91. The maximum absolute atomic E-state index is 12.0. The van der Waals surface area contributed by atoms with E-state index in [4.69, 9.17) is 4.74 Å². The largest absolute Gasteiger partial charge is 0.466 e. The zero-order valence-corrected chi connectivity index (χ0v) is 18.8. The van der Waals surface area contributed by atoms with E-state index in [9.17, 15) is 9.59 Å². The van der Waals surface area contributed by atoms with E-state index in [1.54, 1.807) is 24.5 Å². The monoisotopic (exact) mass is 435 g/mol. The van der Waals surface area contributed by atoms with Crippen LogP contribution in [0.3, 0.4) is 0 Å². The highest BCUT2D eigenvalue weighted by atomic mass is 16.5. The molecule has 1 N–H and O–H groups in total. The second-order valence-electron chi connectivity index (χ2n) is 8.04. The molecule has 0 fully saturated rings. The van der Waals surface area contributed by atoms with E-state index < -0.39 is 0 Å². The second-order valence-corrected chi connectivity index (χ2v) is 8.04. The minimum absolute atomic E-state index is 0.0739. The van der Waals surface area contributed by atoms with E-state index in [0.717, 1.165) is 44.3 Å². The molecule has 0 spiro atoms. The van der Waals surface area contributed by atoms with E-state index in [2.05, 4.69) is 33.4 Å². The third-order valence-corrected chi connectivity index (χ3v) is 5.64. The summed E-state index contributed by atoms with van der Waals surface area (Å²) < 4.78 is 5.15. The molecule has 1 aliphatic heterocycles. The van der Waals surface area contributed by atoms with Gasteiger partial charge in [-0.15, -0.1) is 0 Å². The third kappa shape index (κ3) is 7.22. The summed E-state index contributed by atoms with van der Waals surface area (Å²) in [6, 6.07) is 12.1. The topological polar surface area (TPSA) is 71.5 Å². The summed E-state index contributed by atoms with van der Waals surface area (Å²) in [5.74, 6) is 0.0156. The van der Waals surface area contributed by atoms with Crippen LogP contribution in [0.5, 0.6) is 0 Å². The molecule has 0 saturated carbocycles. The normalized spacial score (nSPS) is 15.0. The first kappa shape index (κ1) is 23.5. The first-order valence-electron chi connectivity index (χ1n) is 11.5. The predicted octanol–water partition coefficient (Wildman–Crippen LogP) is 4.33. The van der Waals surface area contributed by atoms with Crippen LogP contribution in [-0.2, 0) is 14.3 Å². The number of rotatable bonds is 12. The van der Waals surface area contributed by atoms with Gasteiger partial charge >= 0.3 is 5.97 Å². The van der Waals surface area contributed by atoms with Gasteiger partial charge < -0.3 is 15.0 Å². The molecule has 6 nitrogen and oxygen atoms in total. The molecule has 0 saturated heterocycles. The predicted molar refractivity (Wildman–Crippen MR) is 127 cm³/mol. The van der Waals surface area contributed by atoms with Gasteiger partial charge in [0.2, 0.25) is 5.91 Å². The van der Waals surface area contributed by atoms with Gasteiger partial charge in [-0.3, -0.25) is 14.6 Å². The van der Waals surface area contributed by atoms with Crippen molar-refractivity contribution < 1.29 is 14.3 Å². The zero-order chi connectivity index (χ0) is 22.6. The van der Waals surface area contributed by atoms with Crippen LogP contribution >= 0.6 is 0 Å². The van der Waals surface area contributed by atoms with Crippen LogP contribution in [0.4, 0.5) is 5.69 Å². The summed E-state index contributed by atoms with van der Waals surface area (Å²) in [5, 5.41) is 2.93. The van der Waals surface area contributed by atoms with Gasteiger partial charge in [-0.1, -0.05) is 37.1 Å². The third-order valence-electron chi connectivity index (χ3n) is 5.64. The highest BCUT2D eigenvalue weighted by Gasteiger charge is 2.29. The molecule has 1 aromatic heterocycles. The Balaban J connectivity index is 1.32. The van der Waals surface area contributed by atoms with Crippen molar-refractivity contribution in [2.75, 3.05) is 31.1 Å². The molecule has 1 aromatic carbocycles. The van der Waals surface area contributed by atoms with E-state index in [-0.39, 0.29) is 17.8 Å². The lowest BCUT2D eigenvalue weighted by atomic mass is 9.98. The number of ether oxygens (including phenoxy) is 1. The van der Waals surface area contributed by atoms with Crippen molar-refractivity contribution in [3.05, 3.63) is 66.0 Å². The quantitative estimate of drug-likeness (QED) is 0.305. The van der Waals surface area contributed by atoms with Gasteiger partial charge in [0.05, 0.1) is 13.0 Å². The average Bonchev–Trinajstić information content (AvgIpc) is 3.15. The molecule has 1 amide bonds. The van der Waals surface area contributed by atoms with Crippen LogP contribution in [0.2, 0.25) is 0 Å². The van der Waals surface area contributed by atoms with Crippen molar-refractivity contribution in [3.63, 3.8) is 0 Å². The fourth-order valence-electron chi connectivity index (χ4n) is 4.09. The van der Waals surface area contributed by atoms with Gasteiger partial charge in [-0.05, 0) is 49.1 Å². The Hall–Kier alpha value is -3.15. The number of carbonyl (C=O) groups excluding carboxylic acids is 2. The molecule has 0 aliphatic carbocycles.